The van der Waals surface area contributed by atoms with E-state index in [1.54, 1.807) is 66.7 Å². The number of hydrogen-bond acceptors (Lipinski definition) is 8. The van der Waals surface area contributed by atoms with Gasteiger partial charge in [0.1, 0.15) is 11.5 Å². The zero-order valence-corrected chi connectivity index (χ0v) is 22.8. The van der Waals surface area contributed by atoms with Gasteiger partial charge in [0.25, 0.3) is 11.8 Å². The van der Waals surface area contributed by atoms with Crippen molar-refractivity contribution in [2.45, 2.75) is 27.2 Å². The lowest BCUT2D eigenvalue weighted by molar-refractivity contribution is -0.120. The van der Waals surface area contributed by atoms with Gasteiger partial charge in [-0.25, -0.2) is 10.2 Å². The molecule has 3 aromatic carbocycles. The van der Waals surface area contributed by atoms with Crippen LogP contribution in [0.1, 0.15) is 53.5 Å². The van der Waals surface area contributed by atoms with Crippen molar-refractivity contribution in [2.75, 3.05) is 26.4 Å². The van der Waals surface area contributed by atoms with E-state index in [0.29, 0.717) is 53.8 Å². The molecule has 0 unspecified atom stereocenters. The normalized spacial score (nSPS) is 10.6. The SMILES string of the molecule is CCCOc1ccc(C(=O)NCC(=O)N/N=C\c2ccc(OC(=O)c3ccc(OCC)cc3)c(OCC)c2)cc1. The standard InChI is InChI=1S/C30H33N3O7/c1-4-17-39-25-12-8-22(9-13-25)29(35)31-20-28(34)33-32-19-21-7-16-26(27(18-21)38-6-3)40-30(36)23-10-14-24(15-11-23)37-5-2/h7-16,18-19H,4-6,17,20H2,1-3H3,(H,31,35)(H,33,34)/b32-19-. The van der Waals surface area contributed by atoms with Crippen LogP contribution >= 0.6 is 0 Å². The van der Waals surface area contributed by atoms with Crippen LogP contribution in [0.3, 0.4) is 0 Å². The van der Waals surface area contributed by atoms with Crippen molar-refractivity contribution >= 4 is 24.0 Å². The summed E-state index contributed by atoms with van der Waals surface area (Å²) in [5.41, 5.74) is 3.73. The summed E-state index contributed by atoms with van der Waals surface area (Å²) in [7, 11) is 0. The van der Waals surface area contributed by atoms with Crippen molar-refractivity contribution in [3.05, 3.63) is 83.4 Å². The van der Waals surface area contributed by atoms with Gasteiger partial charge in [-0.15, -0.1) is 0 Å². The molecule has 0 saturated heterocycles. The molecule has 40 heavy (non-hydrogen) atoms. The molecule has 3 aromatic rings. The van der Waals surface area contributed by atoms with Crippen LogP contribution in [0.4, 0.5) is 0 Å². The fourth-order valence-electron chi connectivity index (χ4n) is 3.37. The van der Waals surface area contributed by atoms with Crippen molar-refractivity contribution in [1.29, 1.82) is 0 Å². The summed E-state index contributed by atoms with van der Waals surface area (Å²) in [5, 5.41) is 6.47. The molecular weight excluding hydrogens is 514 g/mol. The Kier molecular flexibility index (Phi) is 11.5. The summed E-state index contributed by atoms with van der Waals surface area (Å²) in [6.45, 7) is 6.92. The lowest BCUT2D eigenvalue weighted by Crippen LogP contribution is -2.34. The third-order valence-electron chi connectivity index (χ3n) is 5.27. The van der Waals surface area contributed by atoms with Crippen molar-refractivity contribution < 1.29 is 33.3 Å². The Bertz CT molecular complexity index is 1310. The molecule has 0 radical (unpaired) electrons. The summed E-state index contributed by atoms with van der Waals surface area (Å²) < 4.78 is 22.0. The minimum Gasteiger partial charge on any atom is -0.494 e. The number of benzene rings is 3. The topological polar surface area (TPSA) is 125 Å². The van der Waals surface area contributed by atoms with Crippen LogP contribution in [0, 0.1) is 0 Å². The number of nitrogens with one attached hydrogen (secondary N) is 2. The number of hydrazone groups is 1. The van der Waals surface area contributed by atoms with Crippen molar-refractivity contribution in [2.24, 2.45) is 5.10 Å². The maximum absolute atomic E-state index is 12.6. The van der Waals surface area contributed by atoms with E-state index in [0.717, 1.165) is 6.42 Å². The van der Waals surface area contributed by atoms with E-state index in [4.69, 9.17) is 18.9 Å². The Labute approximate surface area is 233 Å². The number of nitrogens with zero attached hydrogens (tertiary/aromatic N) is 1. The highest BCUT2D eigenvalue weighted by Crippen LogP contribution is 2.29. The molecule has 10 nitrogen and oxygen atoms in total. The van der Waals surface area contributed by atoms with Gasteiger partial charge >= 0.3 is 5.97 Å². The highest BCUT2D eigenvalue weighted by Gasteiger charge is 2.14. The van der Waals surface area contributed by atoms with Crippen LogP contribution < -0.4 is 29.7 Å². The fourth-order valence-corrected chi connectivity index (χ4v) is 3.37. The second kappa shape index (κ2) is 15.5. The quantitative estimate of drug-likeness (QED) is 0.133. The molecule has 0 fully saturated rings. The number of ether oxygens (including phenoxy) is 4. The first-order valence-corrected chi connectivity index (χ1v) is 13.0. The molecule has 0 bridgehead atoms. The molecule has 0 aliphatic heterocycles. The van der Waals surface area contributed by atoms with Crippen molar-refractivity contribution in [1.82, 2.24) is 10.7 Å². The average Bonchev–Trinajstić information content (AvgIpc) is 2.97. The van der Waals surface area contributed by atoms with Gasteiger partial charge in [-0.1, -0.05) is 6.92 Å². The van der Waals surface area contributed by atoms with Crippen LogP contribution in [0.5, 0.6) is 23.0 Å². The van der Waals surface area contributed by atoms with Gasteiger partial charge in [-0.05, 0) is 92.6 Å². The molecule has 2 amide bonds. The molecule has 3 rings (SSSR count). The van der Waals surface area contributed by atoms with E-state index in [1.165, 1.54) is 6.21 Å². The third kappa shape index (κ3) is 9.16. The monoisotopic (exact) mass is 547 g/mol. The van der Waals surface area contributed by atoms with Crippen LogP contribution in [0.15, 0.2) is 71.8 Å². The molecule has 0 spiro atoms. The van der Waals surface area contributed by atoms with Crippen LogP contribution in [0.2, 0.25) is 0 Å². The summed E-state index contributed by atoms with van der Waals surface area (Å²) >= 11 is 0. The molecule has 210 valence electrons. The molecule has 0 aliphatic rings. The van der Waals surface area contributed by atoms with E-state index < -0.39 is 17.8 Å². The molecule has 10 heteroatoms. The van der Waals surface area contributed by atoms with Crippen LogP contribution in [-0.4, -0.2) is 50.4 Å². The fraction of sp³-hybridized carbons (Fsp3) is 0.267. The molecule has 0 aromatic heterocycles. The Balaban J connectivity index is 1.52. The molecule has 0 saturated carbocycles. The summed E-state index contributed by atoms with van der Waals surface area (Å²) in [6, 6.07) is 18.2. The van der Waals surface area contributed by atoms with Gasteiger partial charge in [0.05, 0.1) is 38.1 Å². The summed E-state index contributed by atoms with van der Waals surface area (Å²) in [6.07, 6.45) is 2.30. The number of rotatable bonds is 14. The van der Waals surface area contributed by atoms with Crippen LogP contribution in [0.25, 0.3) is 0 Å². The van der Waals surface area contributed by atoms with Gasteiger partial charge in [0, 0.05) is 5.56 Å². The highest BCUT2D eigenvalue weighted by atomic mass is 16.6. The Morgan fingerprint density at radius 1 is 0.775 bits per heavy atom. The van der Waals surface area contributed by atoms with E-state index in [-0.39, 0.29) is 12.3 Å². The lowest BCUT2D eigenvalue weighted by atomic mass is 10.2. The Morgan fingerprint density at radius 3 is 2.08 bits per heavy atom. The zero-order valence-electron chi connectivity index (χ0n) is 22.8. The van der Waals surface area contributed by atoms with E-state index in [9.17, 15) is 14.4 Å². The first kappa shape index (κ1) is 29.7. The summed E-state index contributed by atoms with van der Waals surface area (Å²) in [5.74, 6) is 0.494. The molecule has 2 N–H and O–H groups in total. The number of amides is 2. The Hall–Kier alpha value is -4.86. The van der Waals surface area contributed by atoms with Crippen molar-refractivity contribution in [3.8, 4) is 23.0 Å². The van der Waals surface area contributed by atoms with Gasteiger partial charge < -0.3 is 24.3 Å². The molecule has 0 atom stereocenters. The van der Waals surface area contributed by atoms with Gasteiger partial charge in [0.15, 0.2) is 11.5 Å². The van der Waals surface area contributed by atoms with E-state index in [2.05, 4.69) is 15.8 Å². The summed E-state index contributed by atoms with van der Waals surface area (Å²) in [4.78, 5) is 37.0. The van der Waals surface area contributed by atoms with E-state index in [1.807, 2.05) is 20.8 Å². The molecule has 0 heterocycles. The number of hydrogen-bond donors (Lipinski definition) is 2. The predicted octanol–water partition coefficient (Wildman–Crippen LogP) is 4.37. The van der Waals surface area contributed by atoms with Gasteiger partial charge in [0.2, 0.25) is 0 Å². The molecular formula is C30H33N3O7. The molecule has 0 aliphatic carbocycles. The lowest BCUT2D eigenvalue weighted by Gasteiger charge is -2.11. The minimum atomic E-state index is -0.541. The second-order valence-corrected chi connectivity index (χ2v) is 8.33. The number of carbonyl (C=O) groups is 3. The van der Waals surface area contributed by atoms with Gasteiger partial charge in [-0.2, -0.15) is 5.10 Å². The maximum atomic E-state index is 12.6. The van der Waals surface area contributed by atoms with Crippen LogP contribution in [-0.2, 0) is 4.79 Å². The number of carbonyl (C=O) groups excluding carboxylic acids is 3. The van der Waals surface area contributed by atoms with Crippen molar-refractivity contribution in [3.63, 3.8) is 0 Å². The third-order valence-corrected chi connectivity index (χ3v) is 5.27. The smallest absolute Gasteiger partial charge is 0.343 e. The van der Waals surface area contributed by atoms with E-state index >= 15 is 0 Å². The minimum absolute atomic E-state index is 0.245. The number of esters is 1. The average molecular weight is 548 g/mol. The van der Waals surface area contributed by atoms with Gasteiger partial charge in [-0.3, -0.25) is 9.59 Å². The largest absolute Gasteiger partial charge is 0.494 e. The first-order valence-electron chi connectivity index (χ1n) is 13.0. The predicted molar refractivity (Wildman–Crippen MR) is 150 cm³/mol. The Morgan fingerprint density at radius 2 is 1.43 bits per heavy atom. The first-order chi connectivity index (χ1) is 19.4. The zero-order chi connectivity index (χ0) is 28.7. The second-order valence-electron chi connectivity index (χ2n) is 8.33. The maximum Gasteiger partial charge on any atom is 0.343 e. The highest BCUT2D eigenvalue weighted by molar-refractivity contribution is 5.96.